The SMILES string of the molecule is CCOC(=O)C(C)(C)Oc1ccc(OCc2nc(-c3ccc(C)c(Cl)c3)ns2)cc1C. The fraction of sp³-hybridized carbons (Fsp3) is 0.348. The molecule has 164 valence electrons. The van der Waals surface area contributed by atoms with E-state index in [9.17, 15) is 4.79 Å². The average Bonchev–Trinajstić information content (AvgIpc) is 3.19. The lowest BCUT2D eigenvalue weighted by Crippen LogP contribution is -2.39. The summed E-state index contributed by atoms with van der Waals surface area (Å²) in [4.78, 5) is 16.6. The second kappa shape index (κ2) is 9.66. The van der Waals surface area contributed by atoms with Gasteiger partial charge in [0.05, 0.1) is 6.61 Å². The molecule has 1 aromatic heterocycles. The minimum absolute atomic E-state index is 0.297. The quantitative estimate of drug-likeness (QED) is 0.397. The lowest BCUT2D eigenvalue weighted by atomic mass is 10.1. The second-order valence-corrected chi connectivity index (χ2v) is 8.77. The Hall–Kier alpha value is -2.64. The van der Waals surface area contributed by atoms with Crippen molar-refractivity contribution in [1.29, 1.82) is 0 Å². The fourth-order valence-corrected chi connectivity index (χ4v) is 3.51. The third-order valence-corrected chi connectivity index (χ3v) is 5.63. The van der Waals surface area contributed by atoms with Crippen molar-refractivity contribution in [3.8, 4) is 22.9 Å². The van der Waals surface area contributed by atoms with Gasteiger partial charge in [-0.1, -0.05) is 23.7 Å². The van der Waals surface area contributed by atoms with Crippen molar-refractivity contribution in [3.05, 3.63) is 57.6 Å². The van der Waals surface area contributed by atoms with Gasteiger partial charge in [0.2, 0.25) is 0 Å². The molecule has 3 aromatic rings. The number of aryl methyl sites for hydroxylation is 2. The number of carbonyl (C=O) groups excluding carboxylic acids is 1. The van der Waals surface area contributed by atoms with E-state index in [0.29, 0.717) is 35.6 Å². The summed E-state index contributed by atoms with van der Waals surface area (Å²) in [6, 6.07) is 11.2. The summed E-state index contributed by atoms with van der Waals surface area (Å²) in [6.07, 6.45) is 0. The Morgan fingerprint density at radius 2 is 1.90 bits per heavy atom. The van der Waals surface area contributed by atoms with Crippen LogP contribution in [0.5, 0.6) is 11.5 Å². The Morgan fingerprint density at radius 3 is 2.58 bits per heavy atom. The monoisotopic (exact) mass is 460 g/mol. The third-order valence-electron chi connectivity index (χ3n) is 4.54. The molecule has 0 saturated carbocycles. The van der Waals surface area contributed by atoms with Crippen molar-refractivity contribution in [2.24, 2.45) is 0 Å². The number of halogens is 1. The van der Waals surface area contributed by atoms with Gasteiger partial charge in [-0.05, 0) is 81.5 Å². The standard InChI is InChI=1S/C23H25ClN2O4S/c1-6-28-22(27)23(4,5)30-19-10-9-17(11-15(19)3)29-13-20-25-21(26-31-20)16-8-7-14(2)18(24)12-16/h7-12H,6,13H2,1-5H3. The van der Waals surface area contributed by atoms with Gasteiger partial charge in [0.1, 0.15) is 18.1 Å². The van der Waals surface area contributed by atoms with E-state index in [1.165, 1.54) is 11.5 Å². The van der Waals surface area contributed by atoms with Crippen LogP contribution in [0.2, 0.25) is 5.02 Å². The molecule has 0 atom stereocenters. The zero-order chi connectivity index (χ0) is 22.6. The molecule has 0 fully saturated rings. The number of esters is 1. The van der Waals surface area contributed by atoms with Gasteiger partial charge >= 0.3 is 5.97 Å². The number of nitrogens with zero attached hydrogens (tertiary/aromatic N) is 2. The molecular weight excluding hydrogens is 436 g/mol. The molecule has 0 N–H and O–H groups in total. The van der Waals surface area contributed by atoms with Crippen LogP contribution in [0.15, 0.2) is 36.4 Å². The Labute approximate surface area is 191 Å². The molecule has 0 aliphatic heterocycles. The number of hydrogen-bond donors (Lipinski definition) is 0. The summed E-state index contributed by atoms with van der Waals surface area (Å²) in [6.45, 7) is 9.59. The summed E-state index contributed by atoms with van der Waals surface area (Å²) in [5.74, 6) is 1.50. The topological polar surface area (TPSA) is 70.5 Å². The van der Waals surface area contributed by atoms with Gasteiger partial charge in [0.15, 0.2) is 16.4 Å². The molecule has 6 nitrogen and oxygen atoms in total. The first-order valence-corrected chi connectivity index (χ1v) is 11.0. The van der Waals surface area contributed by atoms with Crippen molar-refractivity contribution in [2.45, 2.75) is 46.8 Å². The van der Waals surface area contributed by atoms with Gasteiger partial charge in [0.25, 0.3) is 0 Å². The summed E-state index contributed by atoms with van der Waals surface area (Å²) in [7, 11) is 0. The van der Waals surface area contributed by atoms with Crippen LogP contribution in [0, 0.1) is 13.8 Å². The minimum Gasteiger partial charge on any atom is -0.486 e. The lowest BCUT2D eigenvalue weighted by Gasteiger charge is -2.25. The first-order chi connectivity index (χ1) is 14.7. The molecule has 8 heteroatoms. The van der Waals surface area contributed by atoms with E-state index in [1.54, 1.807) is 32.9 Å². The van der Waals surface area contributed by atoms with Crippen molar-refractivity contribution >= 4 is 29.1 Å². The van der Waals surface area contributed by atoms with Crippen LogP contribution in [0.1, 0.15) is 36.9 Å². The maximum absolute atomic E-state index is 12.1. The van der Waals surface area contributed by atoms with E-state index in [2.05, 4.69) is 9.36 Å². The highest BCUT2D eigenvalue weighted by Crippen LogP contribution is 2.29. The molecule has 1 heterocycles. The average molecular weight is 461 g/mol. The van der Waals surface area contributed by atoms with E-state index in [-0.39, 0.29) is 0 Å². The summed E-state index contributed by atoms with van der Waals surface area (Å²) in [5.41, 5.74) is 1.66. The molecule has 31 heavy (non-hydrogen) atoms. The van der Waals surface area contributed by atoms with Crippen LogP contribution in [0.4, 0.5) is 0 Å². The normalized spacial score (nSPS) is 11.3. The summed E-state index contributed by atoms with van der Waals surface area (Å²) >= 11 is 7.49. The molecule has 3 rings (SSSR count). The highest BCUT2D eigenvalue weighted by molar-refractivity contribution is 7.05. The van der Waals surface area contributed by atoms with Gasteiger partial charge in [-0.25, -0.2) is 9.78 Å². The second-order valence-electron chi connectivity index (χ2n) is 7.52. The Bertz CT molecular complexity index is 1080. The maximum Gasteiger partial charge on any atom is 0.349 e. The molecule has 0 saturated heterocycles. The Kier molecular flexibility index (Phi) is 7.18. The predicted octanol–water partition coefficient (Wildman–Crippen LogP) is 5.77. The third kappa shape index (κ3) is 5.74. The molecule has 0 bridgehead atoms. The highest BCUT2D eigenvalue weighted by Gasteiger charge is 2.32. The molecule has 0 unspecified atom stereocenters. The first kappa shape index (κ1) is 23.0. The van der Waals surface area contributed by atoms with Gasteiger partial charge in [-0.15, -0.1) is 0 Å². The molecule has 2 aromatic carbocycles. The zero-order valence-corrected chi connectivity index (χ0v) is 19.8. The number of rotatable bonds is 8. The smallest absolute Gasteiger partial charge is 0.349 e. The van der Waals surface area contributed by atoms with E-state index in [1.807, 2.05) is 38.1 Å². The number of aromatic nitrogens is 2. The largest absolute Gasteiger partial charge is 0.486 e. The van der Waals surface area contributed by atoms with Crippen LogP contribution in [0.3, 0.4) is 0 Å². The molecule has 0 spiro atoms. The number of hydrogen-bond acceptors (Lipinski definition) is 7. The molecular formula is C23H25ClN2O4S. The van der Waals surface area contributed by atoms with Crippen molar-refractivity contribution < 1.29 is 19.0 Å². The highest BCUT2D eigenvalue weighted by atomic mass is 35.5. The van der Waals surface area contributed by atoms with Gasteiger partial charge in [-0.3, -0.25) is 0 Å². The van der Waals surface area contributed by atoms with Crippen LogP contribution >= 0.6 is 23.1 Å². The van der Waals surface area contributed by atoms with Crippen LogP contribution in [0.25, 0.3) is 11.4 Å². The number of ether oxygens (including phenoxy) is 3. The number of benzene rings is 2. The van der Waals surface area contributed by atoms with Crippen molar-refractivity contribution in [3.63, 3.8) is 0 Å². The van der Waals surface area contributed by atoms with E-state index in [0.717, 1.165) is 21.7 Å². The van der Waals surface area contributed by atoms with Crippen molar-refractivity contribution in [2.75, 3.05) is 6.61 Å². The molecule has 0 aliphatic rings. The van der Waals surface area contributed by atoms with Crippen LogP contribution in [-0.2, 0) is 16.1 Å². The lowest BCUT2D eigenvalue weighted by molar-refractivity contribution is -0.158. The Balaban J connectivity index is 1.64. The van der Waals surface area contributed by atoms with E-state index < -0.39 is 11.6 Å². The molecule has 0 aliphatic carbocycles. The fourth-order valence-electron chi connectivity index (χ4n) is 2.76. The van der Waals surface area contributed by atoms with Crippen molar-refractivity contribution in [1.82, 2.24) is 9.36 Å². The Morgan fingerprint density at radius 1 is 1.13 bits per heavy atom. The molecule has 0 amide bonds. The number of carbonyl (C=O) groups is 1. The van der Waals surface area contributed by atoms with E-state index in [4.69, 9.17) is 25.8 Å². The molecule has 0 radical (unpaired) electrons. The maximum atomic E-state index is 12.1. The first-order valence-electron chi connectivity index (χ1n) is 9.88. The van der Waals surface area contributed by atoms with Gasteiger partial charge in [-0.2, -0.15) is 4.37 Å². The van der Waals surface area contributed by atoms with Gasteiger partial charge in [0, 0.05) is 10.6 Å². The zero-order valence-electron chi connectivity index (χ0n) is 18.2. The summed E-state index contributed by atoms with van der Waals surface area (Å²) in [5, 5.41) is 1.45. The van der Waals surface area contributed by atoms with E-state index >= 15 is 0 Å². The summed E-state index contributed by atoms with van der Waals surface area (Å²) < 4.78 is 21.2. The predicted molar refractivity (Wildman–Crippen MR) is 122 cm³/mol. The van der Waals surface area contributed by atoms with Gasteiger partial charge < -0.3 is 14.2 Å². The minimum atomic E-state index is -1.08. The van der Waals surface area contributed by atoms with Crippen LogP contribution in [-0.4, -0.2) is 27.5 Å². The van der Waals surface area contributed by atoms with Crippen LogP contribution < -0.4 is 9.47 Å².